The van der Waals surface area contributed by atoms with Crippen LogP contribution in [-0.2, 0) is 0 Å². The molecule has 1 atom stereocenters. The number of benzene rings is 1. The van der Waals surface area contributed by atoms with Gasteiger partial charge in [-0.05, 0) is 51.8 Å². The summed E-state index contributed by atoms with van der Waals surface area (Å²) in [4.78, 5) is 5.46. The quantitative estimate of drug-likeness (QED) is 0.826. The van der Waals surface area contributed by atoms with E-state index in [1.54, 1.807) is 0 Å². The molecule has 0 aliphatic rings. The highest BCUT2D eigenvalue weighted by atomic mass is 32.1. The molecule has 0 bridgehead atoms. The van der Waals surface area contributed by atoms with Crippen LogP contribution in [0, 0.1) is 4.77 Å². The average Bonchev–Trinajstić information content (AvgIpc) is 2.72. The molecule has 1 heterocycles. The van der Waals surface area contributed by atoms with Gasteiger partial charge in [0.15, 0.2) is 4.77 Å². The molecule has 110 valence electrons. The summed E-state index contributed by atoms with van der Waals surface area (Å²) in [5.41, 5.74) is 2.11. The van der Waals surface area contributed by atoms with Gasteiger partial charge in [0, 0.05) is 12.6 Å². The minimum Gasteiger partial charge on any atom is -0.491 e. The van der Waals surface area contributed by atoms with Crippen molar-refractivity contribution < 1.29 is 4.74 Å². The Bertz CT molecular complexity index is 630. The zero-order valence-electron chi connectivity index (χ0n) is 12.6. The molecule has 0 spiro atoms. The maximum Gasteiger partial charge on any atom is 0.178 e. The summed E-state index contributed by atoms with van der Waals surface area (Å²) in [7, 11) is 4.15. The smallest absolute Gasteiger partial charge is 0.178 e. The van der Waals surface area contributed by atoms with E-state index in [1.807, 2.05) is 12.1 Å². The van der Waals surface area contributed by atoms with Gasteiger partial charge in [-0.2, -0.15) is 0 Å². The second-order valence-electron chi connectivity index (χ2n) is 5.41. The number of aromatic nitrogens is 2. The molecule has 2 rings (SSSR count). The third-order valence-electron chi connectivity index (χ3n) is 3.25. The number of para-hydroxylation sites is 1. The number of nitrogens with zero attached hydrogens (tertiary/aromatic N) is 2. The minimum atomic E-state index is 0.313. The zero-order valence-corrected chi connectivity index (χ0v) is 13.5. The topological polar surface area (TPSA) is 33.2 Å². The molecule has 0 radical (unpaired) electrons. The van der Waals surface area contributed by atoms with Crippen molar-refractivity contribution in [3.8, 4) is 5.75 Å². The Balaban J connectivity index is 2.46. The molecule has 1 aromatic heterocycles. The highest BCUT2D eigenvalue weighted by Gasteiger charge is 2.14. The number of nitrogens with one attached hydrogen (secondary N) is 1. The number of imidazole rings is 1. The first-order valence-corrected chi connectivity index (χ1v) is 7.46. The molecule has 0 amide bonds. The maximum absolute atomic E-state index is 5.80. The van der Waals surface area contributed by atoms with Crippen LogP contribution in [-0.4, -0.2) is 41.7 Å². The van der Waals surface area contributed by atoms with E-state index in [9.17, 15) is 0 Å². The largest absolute Gasteiger partial charge is 0.491 e. The zero-order chi connectivity index (χ0) is 14.7. The van der Waals surface area contributed by atoms with Gasteiger partial charge in [0.05, 0.1) is 12.1 Å². The molecule has 0 aliphatic carbocycles. The number of H-pyrrole nitrogens is 1. The summed E-state index contributed by atoms with van der Waals surface area (Å²) < 4.78 is 8.72. The lowest BCUT2D eigenvalue weighted by Crippen LogP contribution is -2.22. The lowest BCUT2D eigenvalue weighted by atomic mass is 10.2. The van der Waals surface area contributed by atoms with E-state index in [-0.39, 0.29) is 0 Å². The maximum atomic E-state index is 5.80. The Kier molecular flexibility index (Phi) is 4.83. The third-order valence-corrected chi connectivity index (χ3v) is 3.55. The van der Waals surface area contributed by atoms with Crippen molar-refractivity contribution in [1.29, 1.82) is 0 Å². The van der Waals surface area contributed by atoms with Crippen LogP contribution < -0.4 is 4.74 Å². The number of fused-ring (bicyclic) bond motifs is 1. The Morgan fingerprint density at radius 1 is 1.40 bits per heavy atom. The predicted molar refractivity (Wildman–Crippen MR) is 86.2 cm³/mol. The van der Waals surface area contributed by atoms with Gasteiger partial charge < -0.3 is 19.2 Å². The summed E-state index contributed by atoms with van der Waals surface area (Å²) >= 11 is 5.49. The first-order valence-electron chi connectivity index (χ1n) is 7.05. The standard InChI is InChI=1S/C15H23N3OS/c1-5-9-19-13-8-6-7-12-14(13)16-15(20)18(12)11(2)10-17(3)4/h6-8,11H,5,9-10H2,1-4H3,(H,16,20). The molecule has 0 saturated heterocycles. The highest BCUT2D eigenvalue weighted by Crippen LogP contribution is 2.27. The highest BCUT2D eigenvalue weighted by molar-refractivity contribution is 7.71. The number of rotatable bonds is 6. The number of hydrogen-bond donors (Lipinski definition) is 1. The van der Waals surface area contributed by atoms with Crippen molar-refractivity contribution in [2.75, 3.05) is 27.2 Å². The van der Waals surface area contributed by atoms with Crippen molar-refractivity contribution in [3.05, 3.63) is 23.0 Å². The first-order chi connectivity index (χ1) is 9.54. The SMILES string of the molecule is CCCOc1cccc2c1[nH]c(=S)n2C(C)CN(C)C. The van der Waals surface area contributed by atoms with E-state index in [0.717, 1.165) is 41.1 Å². The molecule has 0 fully saturated rings. The summed E-state index contributed by atoms with van der Waals surface area (Å²) in [6.07, 6.45) is 0.995. The van der Waals surface area contributed by atoms with E-state index >= 15 is 0 Å². The Labute approximate surface area is 125 Å². The van der Waals surface area contributed by atoms with E-state index in [4.69, 9.17) is 17.0 Å². The fraction of sp³-hybridized carbons (Fsp3) is 0.533. The molecule has 2 aromatic rings. The second kappa shape index (κ2) is 6.41. The van der Waals surface area contributed by atoms with Crippen LogP contribution in [0.5, 0.6) is 5.75 Å². The number of likely N-dealkylation sites (N-methyl/N-ethyl adjacent to an activating group) is 1. The molecule has 0 saturated carbocycles. The molecule has 1 N–H and O–H groups in total. The lowest BCUT2D eigenvalue weighted by molar-refractivity contribution is 0.320. The molecule has 4 nitrogen and oxygen atoms in total. The molecular formula is C15H23N3OS. The predicted octanol–water partition coefficient (Wildman–Crippen LogP) is 3.61. The fourth-order valence-electron chi connectivity index (χ4n) is 2.50. The van der Waals surface area contributed by atoms with Crippen molar-refractivity contribution in [2.24, 2.45) is 0 Å². The van der Waals surface area contributed by atoms with Crippen LogP contribution in [0.25, 0.3) is 11.0 Å². The van der Waals surface area contributed by atoms with Gasteiger partial charge in [0.2, 0.25) is 0 Å². The number of ether oxygens (including phenoxy) is 1. The van der Waals surface area contributed by atoms with Crippen molar-refractivity contribution in [3.63, 3.8) is 0 Å². The lowest BCUT2D eigenvalue weighted by Gasteiger charge is -2.19. The van der Waals surface area contributed by atoms with Gasteiger partial charge in [-0.3, -0.25) is 0 Å². The summed E-state index contributed by atoms with van der Waals surface area (Å²) in [5.74, 6) is 0.881. The third kappa shape index (κ3) is 3.04. The van der Waals surface area contributed by atoms with Crippen LogP contribution in [0.15, 0.2) is 18.2 Å². The van der Waals surface area contributed by atoms with Crippen molar-refractivity contribution in [2.45, 2.75) is 26.3 Å². The molecule has 20 heavy (non-hydrogen) atoms. The van der Waals surface area contributed by atoms with Crippen LogP contribution in [0.1, 0.15) is 26.3 Å². The fourth-order valence-corrected chi connectivity index (χ4v) is 2.88. The summed E-state index contributed by atoms with van der Waals surface area (Å²) in [6.45, 7) is 5.95. The average molecular weight is 293 g/mol. The van der Waals surface area contributed by atoms with Crippen molar-refractivity contribution in [1.82, 2.24) is 14.5 Å². The summed E-state index contributed by atoms with van der Waals surface area (Å²) in [6, 6.07) is 6.42. The van der Waals surface area contributed by atoms with Gasteiger partial charge >= 0.3 is 0 Å². The molecular weight excluding hydrogens is 270 g/mol. The molecule has 0 aliphatic heterocycles. The van der Waals surface area contributed by atoms with Crippen molar-refractivity contribution >= 4 is 23.3 Å². The van der Waals surface area contributed by atoms with E-state index < -0.39 is 0 Å². The number of hydrogen-bond acceptors (Lipinski definition) is 3. The van der Waals surface area contributed by atoms with Crippen LogP contribution in [0.2, 0.25) is 0 Å². The second-order valence-corrected chi connectivity index (χ2v) is 5.80. The minimum absolute atomic E-state index is 0.313. The molecule has 1 aromatic carbocycles. The molecule has 5 heteroatoms. The van der Waals surface area contributed by atoms with Gasteiger partial charge in [-0.25, -0.2) is 0 Å². The van der Waals surface area contributed by atoms with E-state index in [0.29, 0.717) is 6.04 Å². The van der Waals surface area contributed by atoms with Crippen LogP contribution in [0.3, 0.4) is 0 Å². The Hall–Kier alpha value is -1.33. The molecule has 1 unspecified atom stereocenters. The van der Waals surface area contributed by atoms with Gasteiger partial charge in [-0.1, -0.05) is 13.0 Å². The van der Waals surface area contributed by atoms with E-state index in [2.05, 4.69) is 48.5 Å². The van der Waals surface area contributed by atoms with Gasteiger partial charge in [0.1, 0.15) is 11.3 Å². The van der Waals surface area contributed by atoms with E-state index in [1.165, 1.54) is 0 Å². The summed E-state index contributed by atoms with van der Waals surface area (Å²) in [5, 5.41) is 0. The van der Waals surface area contributed by atoms with Gasteiger partial charge in [0.25, 0.3) is 0 Å². The van der Waals surface area contributed by atoms with Gasteiger partial charge in [-0.15, -0.1) is 0 Å². The van der Waals surface area contributed by atoms with Crippen LogP contribution >= 0.6 is 12.2 Å². The van der Waals surface area contributed by atoms with Crippen LogP contribution in [0.4, 0.5) is 0 Å². The normalized spacial score (nSPS) is 13.1. The Morgan fingerprint density at radius 2 is 2.15 bits per heavy atom. The number of aromatic amines is 1. The first kappa shape index (κ1) is 15.1. The monoisotopic (exact) mass is 293 g/mol. The Morgan fingerprint density at radius 3 is 2.80 bits per heavy atom.